The van der Waals surface area contributed by atoms with E-state index >= 15 is 0 Å². The third-order valence-electron chi connectivity index (χ3n) is 9.68. The van der Waals surface area contributed by atoms with Gasteiger partial charge < -0.3 is 14.2 Å². The Kier molecular flexibility index (Phi) is 43.6. The Bertz CT molecular complexity index is 1160. The van der Waals surface area contributed by atoms with Crippen molar-refractivity contribution in [3.8, 4) is 0 Å². The SMILES string of the molecule is CC/C=C\C/C=C\C/C=C\C/C=C\CCCCCCCCC(=O)OCC(COC(=O)C/C=C\C/C=C\C/C=C\CC)OC(=O)CCCCCCCCCCCCCC. The van der Waals surface area contributed by atoms with Crippen LogP contribution in [0, 0.1) is 0 Å². The summed E-state index contributed by atoms with van der Waals surface area (Å²) in [4.78, 5) is 37.7. The first-order chi connectivity index (χ1) is 28.5. The van der Waals surface area contributed by atoms with Crippen LogP contribution in [-0.2, 0) is 28.6 Å². The van der Waals surface area contributed by atoms with Gasteiger partial charge in [-0.3, -0.25) is 14.4 Å². The summed E-state index contributed by atoms with van der Waals surface area (Å²) >= 11 is 0. The molecule has 0 rings (SSSR count). The van der Waals surface area contributed by atoms with Gasteiger partial charge in [0.2, 0.25) is 0 Å². The van der Waals surface area contributed by atoms with Crippen molar-refractivity contribution < 1.29 is 28.6 Å². The van der Waals surface area contributed by atoms with E-state index in [2.05, 4.69) is 93.7 Å². The normalized spacial score (nSPS) is 12.8. The van der Waals surface area contributed by atoms with E-state index in [1.165, 1.54) is 70.6 Å². The number of allylic oxidation sites excluding steroid dienone is 13. The predicted molar refractivity (Wildman–Crippen MR) is 247 cm³/mol. The highest BCUT2D eigenvalue weighted by atomic mass is 16.6. The largest absolute Gasteiger partial charge is 0.462 e. The summed E-state index contributed by atoms with van der Waals surface area (Å²) in [6.45, 7) is 6.28. The van der Waals surface area contributed by atoms with Crippen molar-refractivity contribution in [3.63, 3.8) is 0 Å². The molecule has 0 saturated heterocycles. The molecule has 0 aromatic carbocycles. The van der Waals surface area contributed by atoms with E-state index in [4.69, 9.17) is 14.2 Å². The Morgan fingerprint density at radius 2 is 0.741 bits per heavy atom. The second kappa shape index (κ2) is 46.3. The number of hydrogen-bond donors (Lipinski definition) is 0. The molecule has 0 fully saturated rings. The number of carbonyl (C=O) groups excluding carboxylic acids is 3. The molecular formula is C52H86O6. The van der Waals surface area contributed by atoms with E-state index in [9.17, 15) is 14.4 Å². The minimum atomic E-state index is -0.814. The molecule has 330 valence electrons. The van der Waals surface area contributed by atoms with Gasteiger partial charge in [-0.15, -0.1) is 0 Å². The van der Waals surface area contributed by atoms with Crippen LogP contribution in [-0.4, -0.2) is 37.2 Å². The van der Waals surface area contributed by atoms with Crippen LogP contribution in [0.4, 0.5) is 0 Å². The van der Waals surface area contributed by atoms with Crippen LogP contribution in [0.1, 0.15) is 207 Å². The monoisotopic (exact) mass is 807 g/mol. The topological polar surface area (TPSA) is 78.9 Å². The van der Waals surface area contributed by atoms with Crippen molar-refractivity contribution in [2.45, 2.75) is 213 Å². The highest BCUT2D eigenvalue weighted by Gasteiger charge is 2.19. The highest BCUT2D eigenvalue weighted by molar-refractivity contribution is 5.72. The maximum atomic E-state index is 12.7. The molecule has 0 aromatic rings. The number of rotatable bonds is 41. The van der Waals surface area contributed by atoms with Crippen LogP contribution in [0.3, 0.4) is 0 Å². The number of esters is 3. The van der Waals surface area contributed by atoms with Crippen molar-refractivity contribution >= 4 is 17.9 Å². The maximum absolute atomic E-state index is 12.7. The fourth-order valence-corrected chi connectivity index (χ4v) is 6.20. The zero-order valence-electron chi connectivity index (χ0n) is 37.5. The second-order valence-corrected chi connectivity index (χ2v) is 15.3. The molecule has 0 bridgehead atoms. The van der Waals surface area contributed by atoms with Gasteiger partial charge in [-0.25, -0.2) is 0 Å². The molecule has 0 aromatic heterocycles. The zero-order valence-corrected chi connectivity index (χ0v) is 37.5. The lowest BCUT2D eigenvalue weighted by atomic mass is 10.0. The average Bonchev–Trinajstić information content (AvgIpc) is 3.22. The first kappa shape index (κ1) is 54.6. The van der Waals surface area contributed by atoms with E-state index in [1.807, 2.05) is 6.08 Å². The summed E-state index contributed by atoms with van der Waals surface area (Å²) in [5, 5.41) is 0. The summed E-state index contributed by atoms with van der Waals surface area (Å²) in [6.07, 6.45) is 58.9. The van der Waals surface area contributed by atoms with Crippen LogP contribution in [0.25, 0.3) is 0 Å². The Balaban J connectivity index is 4.39. The zero-order chi connectivity index (χ0) is 42.3. The molecule has 0 aliphatic rings. The fourth-order valence-electron chi connectivity index (χ4n) is 6.20. The molecule has 0 spiro atoms. The fraction of sp³-hybridized carbons (Fsp3) is 0.673. The molecule has 6 heteroatoms. The highest BCUT2D eigenvalue weighted by Crippen LogP contribution is 2.14. The smallest absolute Gasteiger partial charge is 0.309 e. The van der Waals surface area contributed by atoms with E-state index in [1.54, 1.807) is 6.08 Å². The third-order valence-corrected chi connectivity index (χ3v) is 9.68. The Morgan fingerprint density at radius 3 is 1.21 bits per heavy atom. The average molecular weight is 807 g/mol. The van der Waals surface area contributed by atoms with Crippen LogP contribution in [0.5, 0.6) is 0 Å². The van der Waals surface area contributed by atoms with Gasteiger partial charge in [0.05, 0.1) is 6.42 Å². The molecule has 58 heavy (non-hydrogen) atoms. The summed E-state index contributed by atoms with van der Waals surface area (Å²) in [5.41, 5.74) is 0. The van der Waals surface area contributed by atoms with Crippen molar-refractivity contribution in [1.82, 2.24) is 0 Å². The Morgan fingerprint density at radius 1 is 0.379 bits per heavy atom. The summed E-state index contributed by atoms with van der Waals surface area (Å²) in [7, 11) is 0. The number of unbranched alkanes of at least 4 members (excludes halogenated alkanes) is 17. The van der Waals surface area contributed by atoms with Gasteiger partial charge in [-0.2, -0.15) is 0 Å². The second-order valence-electron chi connectivity index (χ2n) is 15.3. The van der Waals surface area contributed by atoms with E-state index in [-0.39, 0.29) is 31.6 Å². The van der Waals surface area contributed by atoms with Crippen molar-refractivity contribution in [3.05, 3.63) is 85.1 Å². The Labute approximate surface area is 356 Å². The molecule has 0 radical (unpaired) electrons. The quantitative estimate of drug-likeness (QED) is 0.0265. The van der Waals surface area contributed by atoms with Gasteiger partial charge >= 0.3 is 17.9 Å². The van der Waals surface area contributed by atoms with Gasteiger partial charge in [0.15, 0.2) is 6.10 Å². The molecule has 0 heterocycles. The van der Waals surface area contributed by atoms with Crippen LogP contribution in [0.2, 0.25) is 0 Å². The summed E-state index contributed by atoms with van der Waals surface area (Å²) < 4.78 is 16.6. The van der Waals surface area contributed by atoms with Crippen molar-refractivity contribution in [2.75, 3.05) is 13.2 Å². The molecule has 1 unspecified atom stereocenters. The van der Waals surface area contributed by atoms with Gasteiger partial charge in [0, 0.05) is 12.8 Å². The van der Waals surface area contributed by atoms with Gasteiger partial charge in [0.1, 0.15) is 13.2 Å². The first-order valence-electron chi connectivity index (χ1n) is 23.6. The minimum Gasteiger partial charge on any atom is -0.462 e. The van der Waals surface area contributed by atoms with Crippen molar-refractivity contribution in [1.29, 1.82) is 0 Å². The van der Waals surface area contributed by atoms with Crippen LogP contribution < -0.4 is 0 Å². The van der Waals surface area contributed by atoms with E-state index < -0.39 is 12.1 Å². The van der Waals surface area contributed by atoms with E-state index in [0.29, 0.717) is 12.8 Å². The molecule has 0 aliphatic heterocycles. The third kappa shape index (κ3) is 43.7. The summed E-state index contributed by atoms with van der Waals surface area (Å²) in [5.74, 6) is -1.06. The minimum absolute atomic E-state index is 0.110. The lowest BCUT2D eigenvalue weighted by Gasteiger charge is -2.18. The number of carbonyl (C=O) groups is 3. The predicted octanol–water partition coefficient (Wildman–Crippen LogP) is 15.3. The van der Waals surface area contributed by atoms with Crippen LogP contribution in [0.15, 0.2) is 85.1 Å². The lowest BCUT2D eigenvalue weighted by molar-refractivity contribution is -0.166. The summed E-state index contributed by atoms with van der Waals surface area (Å²) in [6, 6.07) is 0. The van der Waals surface area contributed by atoms with Gasteiger partial charge in [-0.05, 0) is 70.6 Å². The van der Waals surface area contributed by atoms with Crippen LogP contribution >= 0.6 is 0 Å². The standard InChI is InChI=1S/C52H86O6/c1-4-7-10-13-16-19-21-23-24-25-26-27-28-29-31-33-36-39-42-45-51(54)57-48-49(47-56-50(53)44-41-38-35-32-18-15-12-9-6-3)58-52(55)46-43-40-37-34-30-22-20-17-14-11-8-5-2/h7,9-10,12,16,18-19,23-24,26-27,32,38,41,49H,4-6,8,11,13-15,17,20-22,25,28-31,33-37,39-40,42-48H2,1-3H3/b10-7-,12-9-,19-16-,24-23-,27-26-,32-18-,41-38-. The van der Waals surface area contributed by atoms with Crippen molar-refractivity contribution in [2.24, 2.45) is 0 Å². The number of hydrogen-bond acceptors (Lipinski definition) is 6. The molecule has 0 amide bonds. The first-order valence-corrected chi connectivity index (χ1v) is 23.6. The van der Waals surface area contributed by atoms with Gasteiger partial charge in [0.25, 0.3) is 0 Å². The molecular weight excluding hydrogens is 721 g/mol. The lowest BCUT2D eigenvalue weighted by Crippen LogP contribution is -2.30. The van der Waals surface area contributed by atoms with Gasteiger partial charge in [-0.1, -0.05) is 202 Å². The molecule has 0 saturated carbocycles. The molecule has 0 aliphatic carbocycles. The molecule has 1 atom stereocenters. The molecule has 6 nitrogen and oxygen atoms in total. The number of ether oxygens (including phenoxy) is 3. The molecule has 0 N–H and O–H groups in total. The Hall–Kier alpha value is -3.41. The van der Waals surface area contributed by atoms with E-state index in [0.717, 1.165) is 96.3 Å². The maximum Gasteiger partial charge on any atom is 0.309 e.